The minimum absolute atomic E-state index is 0.225. The lowest BCUT2D eigenvalue weighted by Crippen LogP contribution is -2.23. The number of aryl methyl sites for hydroxylation is 2. The predicted molar refractivity (Wildman–Crippen MR) is 95.1 cm³/mol. The number of fused-ring (bicyclic) bond motifs is 1. The van der Waals surface area contributed by atoms with E-state index in [9.17, 15) is 4.79 Å². The average molecular weight is 394 g/mol. The van der Waals surface area contributed by atoms with Gasteiger partial charge in [-0.15, -0.1) is 0 Å². The van der Waals surface area contributed by atoms with Gasteiger partial charge in [0.1, 0.15) is 10.4 Å². The molecular formula is C15H20BrN7O. The number of H-pyrrole nitrogens is 1. The van der Waals surface area contributed by atoms with E-state index in [-0.39, 0.29) is 11.4 Å². The highest BCUT2D eigenvalue weighted by atomic mass is 79.9. The first-order valence-electron chi connectivity index (χ1n) is 7.69. The molecular weight excluding hydrogens is 374 g/mol. The van der Waals surface area contributed by atoms with E-state index in [2.05, 4.69) is 41.6 Å². The van der Waals surface area contributed by atoms with Gasteiger partial charge < -0.3 is 5.32 Å². The lowest BCUT2D eigenvalue weighted by Gasteiger charge is -2.20. The summed E-state index contributed by atoms with van der Waals surface area (Å²) in [5, 5.41) is 19.6. The van der Waals surface area contributed by atoms with Crippen LogP contribution in [0.1, 0.15) is 43.7 Å². The standard InChI is InChI=1S/C15H20BrN7O/c1-6-9-10-12(19-20-13(10)22(5)21-9)18-14(24)8-7-17-23(11(8)16)15(2,3)4/h7H,6H2,1-5H3,(H2,18,19,20,24). The fourth-order valence-electron chi connectivity index (χ4n) is 2.59. The Kier molecular flexibility index (Phi) is 3.98. The van der Waals surface area contributed by atoms with E-state index < -0.39 is 0 Å². The largest absolute Gasteiger partial charge is 0.306 e. The van der Waals surface area contributed by atoms with Crippen LogP contribution in [0.15, 0.2) is 10.8 Å². The number of nitrogens with one attached hydrogen (secondary N) is 2. The molecule has 3 aromatic heterocycles. The molecule has 2 N–H and O–H groups in total. The quantitative estimate of drug-likeness (QED) is 0.715. The smallest absolute Gasteiger partial charge is 0.261 e. The van der Waals surface area contributed by atoms with Gasteiger partial charge >= 0.3 is 0 Å². The first kappa shape index (κ1) is 16.7. The van der Waals surface area contributed by atoms with Gasteiger partial charge in [0.2, 0.25) is 0 Å². The van der Waals surface area contributed by atoms with Crippen LogP contribution in [0, 0.1) is 0 Å². The van der Waals surface area contributed by atoms with Gasteiger partial charge in [-0.2, -0.15) is 15.3 Å². The number of nitrogens with zero attached hydrogens (tertiary/aromatic N) is 5. The Hall–Kier alpha value is -2.16. The molecule has 3 aromatic rings. The summed E-state index contributed by atoms with van der Waals surface area (Å²) in [6.07, 6.45) is 2.31. The van der Waals surface area contributed by atoms with E-state index >= 15 is 0 Å². The zero-order chi connectivity index (χ0) is 17.6. The molecule has 0 aliphatic carbocycles. The van der Waals surface area contributed by atoms with E-state index in [4.69, 9.17) is 0 Å². The SMILES string of the molecule is CCc1nn(C)c2n[nH]c(NC(=O)c3cnn(C(C)(C)C)c3Br)c12. The zero-order valence-corrected chi connectivity index (χ0v) is 15.9. The lowest BCUT2D eigenvalue weighted by atomic mass is 10.1. The van der Waals surface area contributed by atoms with Crippen molar-refractivity contribution in [3.05, 3.63) is 22.1 Å². The number of hydrogen-bond acceptors (Lipinski definition) is 4. The van der Waals surface area contributed by atoms with Crippen molar-refractivity contribution in [2.24, 2.45) is 7.05 Å². The number of carbonyl (C=O) groups excluding carboxylic acids is 1. The van der Waals surface area contributed by atoms with Crippen molar-refractivity contribution in [3.63, 3.8) is 0 Å². The van der Waals surface area contributed by atoms with Gasteiger partial charge in [-0.1, -0.05) is 6.92 Å². The number of aromatic nitrogens is 6. The highest BCUT2D eigenvalue weighted by Gasteiger charge is 2.24. The molecule has 0 unspecified atom stereocenters. The third-order valence-corrected chi connectivity index (χ3v) is 4.54. The monoisotopic (exact) mass is 393 g/mol. The third kappa shape index (κ3) is 2.62. The second kappa shape index (κ2) is 5.73. The average Bonchev–Trinajstić information content (AvgIpc) is 3.15. The van der Waals surface area contributed by atoms with Crippen molar-refractivity contribution >= 4 is 38.7 Å². The van der Waals surface area contributed by atoms with E-state index in [1.165, 1.54) is 0 Å². The normalized spacial score (nSPS) is 12.1. The molecule has 0 saturated heterocycles. The van der Waals surface area contributed by atoms with Gasteiger partial charge in [0.25, 0.3) is 5.91 Å². The second-order valence-electron chi connectivity index (χ2n) is 6.61. The highest BCUT2D eigenvalue weighted by molar-refractivity contribution is 9.10. The Balaban J connectivity index is 1.95. The molecule has 0 saturated carbocycles. The minimum atomic E-state index is -0.256. The molecule has 0 aromatic carbocycles. The highest BCUT2D eigenvalue weighted by Crippen LogP contribution is 2.27. The molecule has 8 nitrogen and oxygen atoms in total. The van der Waals surface area contributed by atoms with Crippen molar-refractivity contribution in [3.8, 4) is 0 Å². The van der Waals surface area contributed by atoms with Gasteiger partial charge in [-0.25, -0.2) is 4.68 Å². The van der Waals surface area contributed by atoms with Crippen molar-refractivity contribution in [2.45, 2.75) is 39.7 Å². The molecule has 1 amide bonds. The number of hydrogen-bond donors (Lipinski definition) is 2. The van der Waals surface area contributed by atoms with Gasteiger partial charge in [0.05, 0.1) is 28.4 Å². The Morgan fingerprint density at radius 1 is 1.42 bits per heavy atom. The topological polar surface area (TPSA) is 93.4 Å². The number of amides is 1. The molecule has 0 aliphatic heterocycles. The Morgan fingerprint density at radius 2 is 2.12 bits per heavy atom. The van der Waals surface area contributed by atoms with E-state index in [0.717, 1.165) is 17.5 Å². The van der Waals surface area contributed by atoms with Crippen molar-refractivity contribution in [1.82, 2.24) is 29.8 Å². The maximum absolute atomic E-state index is 12.7. The maximum atomic E-state index is 12.7. The van der Waals surface area contributed by atoms with Gasteiger partial charge in [-0.3, -0.25) is 14.6 Å². The summed E-state index contributed by atoms with van der Waals surface area (Å²) in [6, 6.07) is 0. The molecule has 0 fully saturated rings. The van der Waals surface area contributed by atoms with Crippen molar-refractivity contribution in [2.75, 3.05) is 5.32 Å². The van der Waals surface area contributed by atoms with E-state index in [0.29, 0.717) is 21.6 Å². The molecule has 0 radical (unpaired) electrons. The predicted octanol–water partition coefficient (Wildman–Crippen LogP) is 2.83. The molecule has 0 atom stereocenters. The number of rotatable bonds is 3. The summed E-state index contributed by atoms with van der Waals surface area (Å²) in [6.45, 7) is 8.08. The van der Waals surface area contributed by atoms with Crippen LogP contribution in [0.3, 0.4) is 0 Å². The Bertz CT molecular complexity index is 912. The molecule has 3 heterocycles. The first-order chi connectivity index (χ1) is 11.2. The van der Waals surface area contributed by atoms with Crippen LogP contribution in [0.4, 0.5) is 5.82 Å². The van der Waals surface area contributed by atoms with Crippen LogP contribution < -0.4 is 5.32 Å². The van der Waals surface area contributed by atoms with Crippen LogP contribution >= 0.6 is 15.9 Å². The van der Waals surface area contributed by atoms with Gasteiger partial charge in [-0.05, 0) is 43.1 Å². The van der Waals surface area contributed by atoms with Crippen LogP contribution in [-0.2, 0) is 19.0 Å². The maximum Gasteiger partial charge on any atom is 0.261 e. The second-order valence-corrected chi connectivity index (χ2v) is 7.36. The molecule has 128 valence electrons. The molecule has 24 heavy (non-hydrogen) atoms. The summed E-state index contributed by atoms with van der Waals surface area (Å²) >= 11 is 3.47. The number of anilines is 1. The molecule has 0 spiro atoms. The molecule has 9 heteroatoms. The summed E-state index contributed by atoms with van der Waals surface area (Å²) in [4.78, 5) is 12.7. The Morgan fingerprint density at radius 3 is 2.71 bits per heavy atom. The lowest BCUT2D eigenvalue weighted by molar-refractivity contribution is 0.102. The van der Waals surface area contributed by atoms with Crippen molar-refractivity contribution in [1.29, 1.82) is 0 Å². The van der Waals surface area contributed by atoms with Gasteiger partial charge in [0, 0.05) is 7.05 Å². The van der Waals surface area contributed by atoms with E-state index in [1.54, 1.807) is 15.6 Å². The summed E-state index contributed by atoms with van der Waals surface area (Å²) in [5.41, 5.74) is 1.85. The fraction of sp³-hybridized carbons (Fsp3) is 0.467. The van der Waals surface area contributed by atoms with Crippen LogP contribution in [0.25, 0.3) is 11.0 Å². The molecule has 3 rings (SSSR count). The van der Waals surface area contributed by atoms with Crippen molar-refractivity contribution < 1.29 is 4.79 Å². The van der Waals surface area contributed by atoms with E-state index in [1.807, 2.05) is 34.7 Å². The van der Waals surface area contributed by atoms with Crippen LogP contribution in [-0.4, -0.2) is 35.7 Å². The fourth-order valence-corrected chi connectivity index (χ4v) is 3.50. The van der Waals surface area contributed by atoms with Crippen LogP contribution in [0.2, 0.25) is 0 Å². The summed E-state index contributed by atoms with van der Waals surface area (Å²) < 4.78 is 4.12. The first-order valence-corrected chi connectivity index (χ1v) is 8.48. The summed E-state index contributed by atoms with van der Waals surface area (Å²) in [7, 11) is 1.83. The number of aromatic amines is 1. The Labute approximate surface area is 147 Å². The summed E-state index contributed by atoms with van der Waals surface area (Å²) in [5.74, 6) is 0.296. The molecule has 0 bridgehead atoms. The van der Waals surface area contributed by atoms with Crippen LogP contribution in [0.5, 0.6) is 0 Å². The minimum Gasteiger partial charge on any atom is -0.306 e. The number of halogens is 1. The molecule has 0 aliphatic rings. The zero-order valence-electron chi connectivity index (χ0n) is 14.3. The van der Waals surface area contributed by atoms with Gasteiger partial charge in [0.15, 0.2) is 5.65 Å². The third-order valence-electron chi connectivity index (χ3n) is 3.78. The number of carbonyl (C=O) groups is 1.